The van der Waals surface area contributed by atoms with Gasteiger partial charge in [0.25, 0.3) is 0 Å². The summed E-state index contributed by atoms with van der Waals surface area (Å²) in [6, 6.07) is 6.76. The van der Waals surface area contributed by atoms with Gasteiger partial charge >= 0.3 is 5.97 Å². The van der Waals surface area contributed by atoms with E-state index in [1.165, 1.54) is 0 Å². The zero-order chi connectivity index (χ0) is 16.5. The van der Waals surface area contributed by atoms with E-state index in [0.717, 1.165) is 25.9 Å². The SMILES string of the molecule is CCCCOC(=O)c1ccc(NC(=O)CN2CCOCC2)cc1. The summed E-state index contributed by atoms with van der Waals surface area (Å²) in [5, 5.41) is 2.83. The van der Waals surface area contributed by atoms with Gasteiger partial charge in [-0.25, -0.2) is 4.79 Å². The van der Waals surface area contributed by atoms with Gasteiger partial charge in [0, 0.05) is 18.8 Å². The molecule has 6 heteroatoms. The molecule has 0 unspecified atom stereocenters. The first kappa shape index (κ1) is 17.4. The highest BCUT2D eigenvalue weighted by molar-refractivity contribution is 5.94. The number of esters is 1. The van der Waals surface area contributed by atoms with E-state index in [1.54, 1.807) is 24.3 Å². The predicted molar refractivity (Wildman–Crippen MR) is 87.5 cm³/mol. The van der Waals surface area contributed by atoms with Crippen LogP contribution in [0.2, 0.25) is 0 Å². The van der Waals surface area contributed by atoms with Gasteiger partial charge in [0.1, 0.15) is 0 Å². The van der Waals surface area contributed by atoms with Gasteiger partial charge in [0.15, 0.2) is 0 Å². The molecule has 0 radical (unpaired) electrons. The molecule has 23 heavy (non-hydrogen) atoms. The van der Waals surface area contributed by atoms with Crippen molar-refractivity contribution in [1.29, 1.82) is 0 Å². The van der Waals surface area contributed by atoms with Crippen molar-refractivity contribution in [3.05, 3.63) is 29.8 Å². The Labute approximate surface area is 136 Å². The zero-order valence-electron chi connectivity index (χ0n) is 13.5. The van der Waals surface area contributed by atoms with E-state index in [0.29, 0.717) is 37.6 Å². The van der Waals surface area contributed by atoms with Gasteiger partial charge < -0.3 is 14.8 Å². The van der Waals surface area contributed by atoms with Gasteiger partial charge in [-0.1, -0.05) is 13.3 Å². The summed E-state index contributed by atoms with van der Waals surface area (Å²) >= 11 is 0. The van der Waals surface area contributed by atoms with E-state index in [-0.39, 0.29) is 11.9 Å². The van der Waals surface area contributed by atoms with Crippen LogP contribution in [0, 0.1) is 0 Å². The normalized spacial score (nSPS) is 15.2. The quantitative estimate of drug-likeness (QED) is 0.614. The number of rotatable bonds is 7. The van der Waals surface area contributed by atoms with Crippen molar-refractivity contribution < 1.29 is 19.1 Å². The number of anilines is 1. The molecule has 1 saturated heterocycles. The van der Waals surface area contributed by atoms with Gasteiger partial charge in [-0.05, 0) is 30.7 Å². The largest absolute Gasteiger partial charge is 0.462 e. The van der Waals surface area contributed by atoms with E-state index in [1.807, 2.05) is 6.92 Å². The maximum atomic E-state index is 12.0. The third-order valence-electron chi connectivity index (χ3n) is 3.61. The van der Waals surface area contributed by atoms with E-state index in [4.69, 9.17) is 9.47 Å². The van der Waals surface area contributed by atoms with Crippen LogP contribution >= 0.6 is 0 Å². The average molecular weight is 320 g/mol. The lowest BCUT2D eigenvalue weighted by atomic mass is 10.2. The molecule has 0 spiro atoms. The molecule has 0 aromatic heterocycles. The molecular weight excluding hydrogens is 296 g/mol. The average Bonchev–Trinajstić information content (AvgIpc) is 2.56. The number of unbranched alkanes of at least 4 members (excludes halogenated alkanes) is 1. The first-order valence-corrected chi connectivity index (χ1v) is 8.06. The molecule has 0 atom stereocenters. The number of amides is 1. The lowest BCUT2D eigenvalue weighted by Gasteiger charge is -2.25. The summed E-state index contributed by atoms with van der Waals surface area (Å²) in [7, 11) is 0. The molecule has 1 heterocycles. The molecule has 1 aliphatic rings. The summed E-state index contributed by atoms with van der Waals surface area (Å²) < 4.78 is 10.4. The lowest BCUT2D eigenvalue weighted by molar-refractivity contribution is -0.118. The highest BCUT2D eigenvalue weighted by atomic mass is 16.5. The second-order valence-corrected chi connectivity index (χ2v) is 5.50. The number of carbonyl (C=O) groups is 2. The number of nitrogens with one attached hydrogen (secondary N) is 1. The summed E-state index contributed by atoms with van der Waals surface area (Å²) in [6.07, 6.45) is 1.85. The Morgan fingerprint density at radius 1 is 1.22 bits per heavy atom. The zero-order valence-corrected chi connectivity index (χ0v) is 13.5. The van der Waals surface area contributed by atoms with Crippen LogP contribution < -0.4 is 5.32 Å². The number of morpholine rings is 1. The minimum Gasteiger partial charge on any atom is -0.462 e. The van der Waals surface area contributed by atoms with Crippen molar-refractivity contribution in [3.63, 3.8) is 0 Å². The highest BCUT2D eigenvalue weighted by Gasteiger charge is 2.14. The molecule has 2 rings (SSSR count). The van der Waals surface area contributed by atoms with Gasteiger partial charge in [0.2, 0.25) is 5.91 Å². The fraction of sp³-hybridized carbons (Fsp3) is 0.529. The van der Waals surface area contributed by atoms with Crippen LogP contribution in [0.25, 0.3) is 0 Å². The van der Waals surface area contributed by atoms with Crippen molar-refractivity contribution >= 4 is 17.6 Å². The molecule has 1 aliphatic heterocycles. The number of benzene rings is 1. The number of hydrogen-bond acceptors (Lipinski definition) is 5. The molecule has 1 fully saturated rings. The van der Waals surface area contributed by atoms with Gasteiger partial charge in [-0.15, -0.1) is 0 Å². The first-order chi connectivity index (χ1) is 11.2. The van der Waals surface area contributed by atoms with Gasteiger partial charge in [0.05, 0.1) is 31.9 Å². The first-order valence-electron chi connectivity index (χ1n) is 8.06. The Hall–Kier alpha value is -1.92. The van der Waals surface area contributed by atoms with Gasteiger partial charge in [-0.2, -0.15) is 0 Å². The Balaban J connectivity index is 1.79. The molecule has 6 nitrogen and oxygen atoms in total. The fourth-order valence-electron chi connectivity index (χ4n) is 2.25. The summed E-state index contributed by atoms with van der Waals surface area (Å²) in [5.41, 5.74) is 1.17. The number of ether oxygens (including phenoxy) is 2. The standard InChI is InChI=1S/C17H24N2O4/c1-2-3-10-23-17(21)14-4-6-15(7-5-14)18-16(20)13-19-8-11-22-12-9-19/h4-7H,2-3,8-13H2,1H3,(H,18,20). The molecular formula is C17H24N2O4. The molecule has 1 amide bonds. The topological polar surface area (TPSA) is 67.9 Å². The maximum absolute atomic E-state index is 12.0. The Morgan fingerprint density at radius 2 is 1.91 bits per heavy atom. The third kappa shape index (κ3) is 6.00. The van der Waals surface area contributed by atoms with Crippen LogP contribution in [0.3, 0.4) is 0 Å². The van der Waals surface area contributed by atoms with Crippen molar-refractivity contribution in [1.82, 2.24) is 4.90 Å². The van der Waals surface area contributed by atoms with E-state index < -0.39 is 0 Å². The minimum atomic E-state index is -0.329. The molecule has 126 valence electrons. The van der Waals surface area contributed by atoms with Crippen LogP contribution in [0.4, 0.5) is 5.69 Å². The van der Waals surface area contributed by atoms with Crippen LogP contribution in [-0.4, -0.2) is 56.2 Å². The Morgan fingerprint density at radius 3 is 2.57 bits per heavy atom. The van der Waals surface area contributed by atoms with Crippen molar-refractivity contribution in [3.8, 4) is 0 Å². The molecule has 0 aliphatic carbocycles. The number of hydrogen-bond donors (Lipinski definition) is 1. The van der Waals surface area contributed by atoms with Gasteiger partial charge in [-0.3, -0.25) is 9.69 Å². The number of nitrogens with zero attached hydrogens (tertiary/aromatic N) is 1. The van der Waals surface area contributed by atoms with Crippen molar-refractivity contribution in [2.45, 2.75) is 19.8 Å². The maximum Gasteiger partial charge on any atom is 0.338 e. The summed E-state index contributed by atoms with van der Waals surface area (Å²) in [5.74, 6) is -0.394. The smallest absolute Gasteiger partial charge is 0.338 e. The van der Waals surface area contributed by atoms with Crippen LogP contribution in [-0.2, 0) is 14.3 Å². The summed E-state index contributed by atoms with van der Waals surface area (Å²) in [4.78, 5) is 25.8. The lowest BCUT2D eigenvalue weighted by Crippen LogP contribution is -2.41. The Kier molecular flexibility index (Phi) is 7.03. The second-order valence-electron chi connectivity index (χ2n) is 5.50. The van der Waals surface area contributed by atoms with Crippen LogP contribution in [0.15, 0.2) is 24.3 Å². The summed E-state index contributed by atoms with van der Waals surface area (Å²) in [6.45, 7) is 5.72. The van der Waals surface area contributed by atoms with E-state index in [9.17, 15) is 9.59 Å². The predicted octanol–water partition coefficient (Wildman–Crippen LogP) is 1.91. The number of carbonyl (C=O) groups excluding carboxylic acids is 2. The van der Waals surface area contributed by atoms with E-state index >= 15 is 0 Å². The molecule has 1 N–H and O–H groups in total. The monoisotopic (exact) mass is 320 g/mol. The Bertz CT molecular complexity index is 510. The second kappa shape index (κ2) is 9.27. The molecule has 1 aromatic carbocycles. The molecule has 1 aromatic rings. The third-order valence-corrected chi connectivity index (χ3v) is 3.61. The van der Waals surface area contributed by atoms with Crippen LogP contribution in [0.5, 0.6) is 0 Å². The minimum absolute atomic E-state index is 0.0647. The fourth-order valence-corrected chi connectivity index (χ4v) is 2.25. The van der Waals surface area contributed by atoms with Crippen molar-refractivity contribution in [2.24, 2.45) is 0 Å². The molecule has 0 saturated carbocycles. The van der Waals surface area contributed by atoms with Crippen LogP contribution in [0.1, 0.15) is 30.1 Å². The van der Waals surface area contributed by atoms with Crippen molar-refractivity contribution in [2.75, 3.05) is 44.8 Å². The highest BCUT2D eigenvalue weighted by Crippen LogP contribution is 2.11. The molecule has 0 bridgehead atoms. The van der Waals surface area contributed by atoms with E-state index in [2.05, 4.69) is 10.2 Å².